The molecule has 0 aliphatic carbocycles. The van der Waals surface area contributed by atoms with Crippen molar-refractivity contribution in [2.45, 2.75) is 18.3 Å². The summed E-state index contributed by atoms with van der Waals surface area (Å²) in [7, 11) is 1.62. The van der Waals surface area contributed by atoms with Crippen molar-refractivity contribution < 1.29 is 23.6 Å². The van der Waals surface area contributed by atoms with E-state index < -0.39 is 11.8 Å². The minimum Gasteiger partial charge on any atom is -0.497 e. The van der Waals surface area contributed by atoms with Gasteiger partial charge in [-0.05, 0) is 30.5 Å². The van der Waals surface area contributed by atoms with Gasteiger partial charge in [0, 0.05) is 31.2 Å². The number of aromatic nitrogens is 1. The first kappa shape index (κ1) is 17.9. The third-order valence-electron chi connectivity index (χ3n) is 4.63. The predicted octanol–water partition coefficient (Wildman–Crippen LogP) is 1.49. The number of amides is 2. The molecular formula is C18H21N3O5. The van der Waals surface area contributed by atoms with Gasteiger partial charge in [-0.1, -0.05) is 17.3 Å². The van der Waals surface area contributed by atoms with Gasteiger partial charge in [0.2, 0.25) is 0 Å². The number of nitrogens with one attached hydrogen (secondary N) is 2. The summed E-state index contributed by atoms with van der Waals surface area (Å²) in [6, 6.07) is 9.23. The van der Waals surface area contributed by atoms with E-state index in [9.17, 15) is 9.59 Å². The maximum absolute atomic E-state index is 12.2. The highest BCUT2D eigenvalue weighted by molar-refractivity contribution is 6.39. The highest BCUT2D eigenvalue weighted by atomic mass is 16.5. The Balaban J connectivity index is 1.68. The lowest BCUT2D eigenvalue weighted by Gasteiger charge is -2.38. The van der Waals surface area contributed by atoms with Gasteiger partial charge in [0.05, 0.1) is 7.11 Å². The Morgan fingerprint density at radius 1 is 1.15 bits per heavy atom. The van der Waals surface area contributed by atoms with E-state index in [1.807, 2.05) is 24.3 Å². The van der Waals surface area contributed by atoms with Crippen LogP contribution in [-0.2, 0) is 19.7 Å². The van der Waals surface area contributed by atoms with Crippen LogP contribution in [0.25, 0.3) is 0 Å². The van der Waals surface area contributed by atoms with Crippen LogP contribution in [0.1, 0.15) is 18.4 Å². The van der Waals surface area contributed by atoms with Crippen molar-refractivity contribution in [1.29, 1.82) is 0 Å². The van der Waals surface area contributed by atoms with E-state index >= 15 is 0 Å². The van der Waals surface area contributed by atoms with Crippen LogP contribution >= 0.6 is 0 Å². The molecule has 0 bridgehead atoms. The highest BCUT2D eigenvalue weighted by Crippen LogP contribution is 2.35. The highest BCUT2D eigenvalue weighted by Gasteiger charge is 2.35. The van der Waals surface area contributed by atoms with Gasteiger partial charge in [-0.2, -0.15) is 0 Å². The lowest BCUT2D eigenvalue weighted by molar-refractivity contribution is -0.136. The minimum atomic E-state index is -0.782. The largest absolute Gasteiger partial charge is 0.497 e. The Kier molecular flexibility index (Phi) is 5.52. The van der Waals surface area contributed by atoms with Crippen molar-refractivity contribution in [2.75, 3.05) is 32.2 Å². The molecule has 0 spiro atoms. The second kappa shape index (κ2) is 8.01. The zero-order chi connectivity index (χ0) is 18.4. The minimum absolute atomic E-state index is 0.195. The van der Waals surface area contributed by atoms with Gasteiger partial charge >= 0.3 is 11.8 Å². The first-order chi connectivity index (χ1) is 12.6. The van der Waals surface area contributed by atoms with Crippen molar-refractivity contribution >= 4 is 17.6 Å². The Labute approximate surface area is 150 Å². The predicted molar refractivity (Wildman–Crippen MR) is 92.9 cm³/mol. The van der Waals surface area contributed by atoms with Crippen LogP contribution < -0.4 is 15.4 Å². The third-order valence-corrected chi connectivity index (χ3v) is 4.63. The summed E-state index contributed by atoms with van der Waals surface area (Å²) >= 11 is 0. The van der Waals surface area contributed by atoms with Gasteiger partial charge in [-0.25, -0.2) is 0 Å². The van der Waals surface area contributed by atoms with E-state index in [2.05, 4.69) is 20.3 Å². The van der Waals surface area contributed by atoms with Crippen molar-refractivity contribution in [1.82, 2.24) is 10.5 Å². The summed E-state index contributed by atoms with van der Waals surface area (Å²) in [6.07, 6.45) is 2.82. The van der Waals surface area contributed by atoms with Crippen LogP contribution in [-0.4, -0.2) is 43.8 Å². The molecule has 2 N–H and O–H groups in total. The normalized spacial score (nSPS) is 15.9. The quantitative estimate of drug-likeness (QED) is 0.784. The fourth-order valence-electron chi connectivity index (χ4n) is 3.05. The van der Waals surface area contributed by atoms with E-state index in [-0.39, 0.29) is 11.2 Å². The molecule has 1 saturated heterocycles. The van der Waals surface area contributed by atoms with E-state index in [0.29, 0.717) is 19.8 Å². The Hall–Kier alpha value is -2.87. The number of hydrogen-bond donors (Lipinski definition) is 2. The fraction of sp³-hybridized carbons (Fsp3) is 0.389. The average Bonchev–Trinajstić information content (AvgIpc) is 3.20. The summed E-state index contributed by atoms with van der Waals surface area (Å²) in [5, 5.41) is 8.67. The molecule has 1 aromatic heterocycles. The molecular weight excluding hydrogens is 338 g/mol. The van der Waals surface area contributed by atoms with Crippen LogP contribution in [0.2, 0.25) is 0 Å². The Morgan fingerprint density at radius 2 is 1.88 bits per heavy atom. The summed E-state index contributed by atoms with van der Waals surface area (Å²) in [5.41, 5.74) is 0.799. The molecule has 3 rings (SSSR count). The number of anilines is 1. The van der Waals surface area contributed by atoms with E-state index in [4.69, 9.17) is 9.47 Å². The van der Waals surface area contributed by atoms with Crippen LogP contribution in [0.4, 0.5) is 5.82 Å². The molecule has 26 heavy (non-hydrogen) atoms. The van der Waals surface area contributed by atoms with Gasteiger partial charge in [0.15, 0.2) is 5.82 Å². The van der Waals surface area contributed by atoms with E-state index in [1.165, 1.54) is 12.3 Å². The van der Waals surface area contributed by atoms with Gasteiger partial charge < -0.3 is 19.3 Å². The number of ether oxygens (including phenoxy) is 2. The lowest BCUT2D eigenvalue weighted by Crippen LogP contribution is -2.47. The molecule has 8 heteroatoms. The zero-order valence-corrected chi connectivity index (χ0v) is 14.5. The number of rotatable bonds is 5. The standard InChI is InChI=1S/C18H21N3O5/c1-24-14-4-2-13(3-5-14)18(7-10-25-11-8-18)12-19-16(22)17(23)20-15-6-9-26-21-15/h2-6,9H,7-8,10-12H2,1H3,(H,19,22)(H,20,21,23). The topological polar surface area (TPSA) is 103 Å². The second-order valence-electron chi connectivity index (χ2n) is 6.14. The van der Waals surface area contributed by atoms with E-state index in [0.717, 1.165) is 24.2 Å². The number of carbonyl (C=O) groups is 2. The number of methoxy groups -OCH3 is 1. The molecule has 0 radical (unpaired) electrons. The zero-order valence-electron chi connectivity index (χ0n) is 14.5. The van der Waals surface area contributed by atoms with Crippen molar-refractivity contribution in [3.05, 3.63) is 42.2 Å². The van der Waals surface area contributed by atoms with Crippen molar-refractivity contribution in [2.24, 2.45) is 0 Å². The summed E-state index contributed by atoms with van der Waals surface area (Å²) in [5.74, 6) is -0.531. The molecule has 1 aromatic carbocycles. The summed E-state index contributed by atoms with van der Waals surface area (Å²) in [4.78, 5) is 24.1. The van der Waals surface area contributed by atoms with E-state index in [1.54, 1.807) is 7.11 Å². The molecule has 0 atom stereocenters. The summed E-state index contributed by atoms with van der Waals surface area (Å²) in [6.45, 7) is 1.55. The molecule has 0 saturated carbocycles. The van der Waals surface area contributed by atoms with Gasteiger partial charge in [0.1, 0.15) is 12.0 Å². The SMILES string of the molecule is COc1ccc(C2(CNC(=O)C(=O)Nc3ccon3)CCOCC2)cc1. The number of hydrogen-bond acceptors (Lipinski definition) is 6. The first-order valence-corrected chi connectivity index (χ1v) is 8.35. The van der Waals surface area contributed by atoms with Gasteiger partial charge in [0.25, 0.3) is 0 Å². The van der Waals surface area contributed by atoms with Gasteiger partial charge in [-0.15, -0.1) is 0 Å². The van der Waals surface area contributed by atoms with Crippen LogP contribution in [0, 0.1) is 0 Å². The molecule has 2 amide bonds. The average molecular weight is 359 g/mol. The Bertz CT molecular complexity index is 737. The first-order valence-electron chi connectivity index (χ1n) is 8.35. The van der Waals surface area contributed by atoms with Crippen molar-refractivity contribution in [3.8, 4) is 5.75 Å². The molecule has 8 nitrogen and oxygen atoms in total. The molecule has 2 heterocycles. The maximum atomic E-state index is 12.2. The molecule has 1 fully saturated rings. The third kappa shape index (κ3) is 4.02. The maximum Gasteiger partial charge on any atom is 0.314 e. The second-order valence-corrected chi connectivity index (χ2v) is 6.14. The molecule has 2 aromatic rings. The van der Waals surface area contributed by atoms with Crippen LogP contribution in [0.15, 0.2) is 41.1 Å². The van der Waals surface area contributed by atoms with Gasteiger partial charge in [-0.3, -0.25) is 14.9 Å². The molecule has 0 unspecified atom stereocenters. The molecule has 1 aliphatic rings. The fourth-order valence-corrected chi connectivity index (χ4v) is 3.05. The number of nitrogens with zero attached hydrogens (tertiary/aromatic N) is 1. The van der Waals surface area contributed by atoms with Crippen molar-refractivity contribution in [3.63, 3.8) is 0 Å². The molecule has 138 valence electrons. The monoisotopic (exact) mass is 359 g/mol. The van der Waals surface area contributed by atoms with Crippen LogP contribution in [0.5, 0.6) is 5.75 Å². The smallest absolute Gasteiger partial charge is 0.314 e. The van der Waals surface area contributed by atoms with Crippen LogP contribution in [0.3, 0.4) is 0 Å². The molecule has 1 aliphatic heterocycles. The lowest BCUT2D eigenvalue weighted by atomic mass is 9.74. The summed E-state index contributed by atoms with van der Waals surface area (Å²) < 4.78 is 15.3. The number of carbonyl (C=O) groups excluding carboxylic acids is 2. The number of benzene rings is 1. The Morgan fingerprint density at radius 3 is 2.50 bits per heavy atom.